The van der Waals surface area contributed by atoms with Gasteiger partial charge >= 0.3 is 5.97 Å². The Morgan fingerprint density at radius 3 is 2.40 bits per heavy atom. The minimum Gasteiger partial charge on any atom is -0.480 e. The predicted molar refractivity (Wildman–Crippen MR) is 71.7 cm³/mol. The first-order chi connectivity index (χ1) is 9.50. The lowest BCUT2D eigenvalue weighted by atomic mass is 10.1. The predicted octanol–water partition coefficient (Wildman–Crippen LogP) is 0.0946. The molecule has 1 amide bonds. The number of carbonyl (C=O) groups is 2. The number of carboxylic acid groups (broad SMARTS) is 1. The van der Waals surface area contributed by atoms with Gasteiger partial charge in [-0.1, -0.05) is 6.07 Å². The summed E-state index contributed by atoms with van der Waals surface area (Å²) in [5.74, 6) is -1.58. The van der Waals surface area contributed by atoms with E-state index in [4.69, 9.17) is 5.11 Å². The van der Waals surface area contributed by atoms with Crippen molar-refractivity contribution in [3.05, 3.63) is 30.6 Å². The summed E-state index contributed by atoms with van der Waals surface area (Å²) in [6.45, 7) is 2.15. The number of amides is 1. The van der Waals surface area contributed by atoms with Gasteiger partial charge < -0.3 is 15.5 Å². The van der Waals surface area contributed by atoms with Gasteiger partial charge in [-0.25, -0.2) is 9.36 Å². The number of aromatic nitrogens is 1. The lowest BCUT2D eigenvalue weighted by molar-refractivity contribution is -0.697. The van der Waals surface area contributed by atoms with Crippen LogP contribution in [-0.2, 0) is 16.1 Å². The van der Waals surface area contributed by atoms with Crippen LogP contribution in [-0.4, -0.2) is 34.2 Å². The molecule has 1 rings (SSSR count). The van der Waals surface area contributed by atoms with Crippen LogP contribution in [0.5, 0.6) is 0 Å². The van der Waals surface area contributed by atoms with Gasteiger partial charge in [-0.3, -0.25) is 4.79 Å². The van der Waals surface area contributed by atoms with Gasteiger partial charge in [-0.15, -0.1) is 0 Å². The Hall–Kier alpha value is -1.95. The number of aliphatic hydroxyl groups is 1. The number of hydrogen-bond donors (Lipinski definition) is 3. The summed E-state index contributed by atoms with van der Waals surface area (Å²) in [7, 11) is 0. The van der Waals surface area contributed by atoms with E-state index in [-0.39, 0.29) is 12.3 Å². The van der Waals surface area contributed by atoms with E-state index in [0.717, 1.165) is 13.0 Å². The van der Waals surface area contributed by atoms with E-state index in [1.165, 1.54) is 6.92 Å². The molecule has 6 heteroatoms. The minimum absolute atomic E-state index is 0.254. The van der Waals surface area contributed by atoms with Crippen LogP contribution in [0.3, 0.4) is 0 Å². The fraction of sp³-hybridized carbons (Fsp3) is 0.500. The fourth-order valence-corrected chi connectivity index (χ4v) is 1.80. The Balaban J connectivity index is 2.24. The second kappa shape index (κ2) is 8.27. The van der Waals surface area contributed by atoms with Crippen LogP contribution >= 0.6 is 0 Å². The maximum atomic E-state index is 11.6. The minimum atomic E-state index is -1.24. The molecular formula is C14H21N2O4+. The average molecular weight is 281 g/mol. The quantitative estimate of drug-likeness (QED) is 0.465. The molecule has 0 radical (unpaired) electrons. The second-order valence-electron chi connectivity index (χ2n) is 4.69. The van der Waals surface area contributed by atoms with Gasteiger partial charge in [-0.05, 0) is 13.3 Å². The lowest BCUT2D eigenvalue weighted by Gasteiger charge is -2.16. The van der Waals surface area contributed by atoms with Gasteiger partial charge in [0.25, 0.3) is 0 Å². The smallest absolute Gasteiger partial charge is 0.328 e. The molecule has 0 saturated heterocycles. The molecule has 6 nitrogen and oxygen atoms in total. The second-order valence-corrected chi connectivity index (χ2v) is 4.69. The van der Waals surface area contributed by atoms with E-state index >= 15 is 0 Å². The first-order valence-corrected chi connectivity index (χ1v) is 6.65. The summed E-state index contributed by atoms with van der Waals surface area (Å²) in [6, 6.07) is 4.57. The first kappa shape index (κ1) is 16.1. The molecule has 0 saturated carbocycles. The molecule has 1 aromatic rings. The maximum absolute atomic E-state index is 11.6. The maximum Gasteiger partial charge on any atom is 0.328 e. The van der Waals surface area contributed by atoms with Crippen LogP contribution in [0.1, 0.15) is 26.2 Å². The van der Waals surface area contributed by atoms with Crippen molar-refractivity contribution < 1.29 is 24.4 Å². The number of rotatable bonds is 8. The Morgan fingerprint density at radius 1 is 1.20 bits per heavy atom. The van der Waals surface area contributed by atoms with Crippen LogP contribution in [0.25, 0.3) is 0 Å². The summed E-state index contributed by atoms with van der Waals surface area (Å²) in [5, 5.41) is 20.4. The molecule has 0 spiro atoms. The lowest BCUT2D eigenvalue weighted by Crippen LogP contribution is -2.47. The third kappa shape index (κ3) is 5.79. The highest BCUT2D eigenvalue weighted by Crippen LogP contribution is 1.99. The van der Waals surface area contributed by atoms with E-state index in [2.05, 4.69) is 5.32 Å². The number of aryl methyl sites for hydroxylation is 1. The van der Waals surface area contributed by atoms with Crippen LogP contribution in [0.15, 0.2) is 30.6 Å². The molecular weight excluding hydrogens is 260 g/mol. The summed E-state index contributed by atoms with van der Waals surface area (Å²) >= 11 is 0. The molecule has 0 aliphatic heterocycles. The van der Waals surface area contributed by atoms with Gasteiger partial charge in [0.1, 0.15) is 6.54 Å². The molecule has 2 atom stereocenters. The van der Waals surface area contributed by atoms with E-state index in [1.54, 1.807) is 0 Å². The van der Waals surface area contributed by atoms with Gasteiger partial charge in [0, 0.05) is 25.0 Å². The third-order valence-corrected chi connectivity index (χ3v) is 2.91. The largest absolute Gasteiger partial charge is 0.480 e. The molecule has 3 N–H and O–H groups in total. The van der Waals surface area contributed by atoms with Crippen molar-refractivity contribution in [2.45, 2.75) is 44.9 Å². The Labute approximate surface area is 118 Å². The highest BCUT2D eigenvalue weighted by molar-refractivity contribution is 5.83. The SMILES string of the molecule is CC(O)C(NC(=O)CCCC[n+]1ccccc1)C(=O)O. The van der Waals surface area contributed by atoms with E-state index < -0.39 is 18.1 Å². The molecule has 0 aliphatic carbocycles. The molecule has 20 heavy (non-hydrogen) atoms. The van der Waals surface area contributed by atoms with Crippen molar-refractivity contribution >= 4 is 11.9 Å². The Kier molecular flexibility index (Phi) is 6.66. The van der Waals surface area contributed by atoms with Gasteiger partial charge in [-0.2, -0.15) is 0 Å². The monoisotopic (exact) mass is 281 g/mol. The number of unbranched alkanes of at least 4 members (excludes halogenated alkanes) is 1. The van der Waals surface area contributed by atoms with Gasteiger partial charge in [0.05, 0.1) is 6.10 Å². The molecule has 2 unspecified atom stereocenters. The summed E-state index contributed by atoms with van der Waals surface area (Å²) in [6.07, 6.45) is 4.54. The van der Waals surface area contributed by atoms with Crippen LogP contribution in [0, 0.1) is 0 Å². The van der Waals surface area contributed by atoms with E-state index in [0.29, 0.717) is 6.42 Å². The molecule has 0 aromatic carbocycles. The summed E-state index contributed by atoms with van der Waals surface area (Å²) < 4.78 is 2.02. The number of pyridine rings is 1. The molecule has 0 fully saturated rings. The van der Waals surface area contributed by atoms with Gasteiger partial charge in [0.15, 0.2) is 18.4 Å². The molecule has 110 valence electrons. The highest BCUT2D eigenvalue weighted by atomic mass is 16.4. The zero-order chi connectivity index (χ0) is 15.0. The third-order valence-electron chi connectivity index (χ3n) is 2.91. The highest BCUT2D eigenvalue weighted by Gasteiger charge is 2.24. The molecule has 0 bridgehead atoms. The van der Waals surface area contributed by atoms with Crippen molar-refractivity contribution in [1.29, 1.82) is 0 Å². The molecule has 0 aliphatic rings. The standard InChI is InChI=1S/C14H20N2O4/c1-11(17)13(14(19)20)15-12(18)7-3-6-10-16-8-4-2-5-9-16/h2,4-5,8-9,11,13,17H,3,6-7,10H2,1H3,(H-,15,18,19,20)/p+1. The van der Waals surface area contributed by atoms with Crippen molar-refractivity contribution in [3.63, 3.8) is 0 Å². The van der Waals surface area contributed by atoms with Crippen LogP contribution in [0.4, 0.5) is 0 Å². The van der Waals surface area contributed by atoms with Crippen LogP contribution < -0.4 is 9.88 Å². The number of aliphatic hydroxyl groups excluding tert-OH is 1. The van der Waals surface area contributed by atoms with Crippen molar-refractivity contribution in [3.8, 4) is 0 Å². The molecule has 1 heterocycles. The average Bonchev–Trinajstić information content (AvgIpc) is 2.41. The van der Waals surface area contributed by atoms with Crippen molar-refractivity contribution in [1.82, 2.24) is 5.32 Å². The number of nitrogens with zero attached hydrogens (tertiary/aromatic N) is 1. The number of aliphatic carboxylic acids is 1. The van der Waals surface area contributed by atoms with Crippen molar-refractivity contribution in [2.24, 2.45) is 0 Å². The van der Waals surface area contributed by atoms with Crippen LogP contribution in [0.2, 0.25) is 0 Å². The summed E-state index contributed by atoms with van der Waals surface area (Å²) in [5.41, 5.74) is 0. The van der Waals surface area contributed by atoms with Gasteiger partial charge in [0.2, 0.25) is 5.91 Å². The Bertz CT molecular complexity index is 434. The Morgan fingerprint density at radius 2 is 1.85 bits per heavy atom. The van der Waals surface area contributed by atoms with Crippen molar-refractivity contribution in [2.75, 3.05) is 0 Å². The number of hydrogen-bond acceptors (Lipinski definition) is 3. The molecule has 1 aromatic heterocycles. The van der Waals surface area contributed by atoms with E-state index in [9.17, 15) is 14.7 Å². The fourth-order valence-electron chi connectivity index (χ4n) is 1.80. The number of carboxylic acids is 1. The topological polar surface area (TPSA) is 90.5 Å². The number of carbonyl (C=O) groups excluding carboxylic acids is 1. The normalized spacial score (nSPS) is 13.5. The summed E-state index contributed by atoms with van der Waals surface area (Å²) in [4.78, 5) is 22.4. The number of nitrogens with one attached hydrogen (secondary N) is 1. The first-order valence-electron chi connectivity index (χ1n) is 6.65. The zero-order valence-corrected chi connectivity index (χ0v) is 11.5. The zero-order valence-electron chi connectivity index (χ0n) is 11.5. The van der Waals surface area contributed by atoms with E-state index in [1.807, 2.05) is 35.2 Å².